The summed E-state index contributed by atoms with van der Waals surface area (Å²) in [4.78, 5) is 12.8. The van der Waals surface area contributed by atoms with Gasteiger partial charge in [0, 0.05) is 13.0 Å². The topological polar surface area (TPSA) is 70.1 Å². The number of unbranched alkanes of at least 4 members (excludes halogenated alkanes) is 1. The number of rotatable bonds is 4. The molecule has 0 aromatic heterocycles. The van der Waals surface area contributed by atoms with Gasteiger partial charge < -0.3 is 5.73 Å². The number of primary amides is 1. The van der Waals surface area contributed by atoms with Crippen LogP contribution < -0.4 is 5.73 Å². The van der Waals surface area contributed by atoms with Gasteiger partial charge in [0.2, 0.25) is 5.91 Å². The molecule has 1 heterocycles. The van der Waals surface area contributed by atoms with E-state index in [0.717, 1.165) is 25.9 Å². The van der Waals surface area contributed by atoms with Crippen molar-refractivity contribution >= 4 is 5.91 Å². The molecular weight excluding hydrogens is 154 g/mol. The fraction of sp³-hybridized carbons (Fsp3) is 0.750. The molecule has 0 spiro atoms. The molecule has 66 valence electrons. The van der Waals surface area contributed by atoms with E-state index in [-0.39, 0.29) is 11.9 Å². The Hall–Kier alpha value is -1.08. The van der Waals surface area contributed by atoms with Crippen LogP contribution in [0.5, 0.6) is 0 Å². The number of nitrogens with two attached hydrogens (primary N) is 1. The van der Waals surface area contributed by atoms with Crippen molar-refractivity contribution in [2.24, 2.45) is 5.73 Å². The highest BCUT2D eigenvalue weighted by Gasteiger charge is 2.31. The SMILES string of the molecule is N#CCCCN1CCC1C(N)=O. The predicted molar refractivity (Wildman–Crippen MR) is 44.0 cm³/mol. The second-order valence-electron chi connectivity index (χ2n) is 3.00. The molecule has 1 atom stereocenters. The van der Waals surface area contributed by atoms with Crippen LogP contribution >= 0.6 is 0 Å². The molecule has 0 aromatic carbocycles. The van der Waals surface area contributed by atoms with E-state index in [1.807, 2.05) is 4.90 Å². The van der Waals surface area contributed by atoms with Crippen LogP contribution in [0.25, 0.3) is 0 Å². The molecule has 1 aliphatic rings. The lowest BCUT2D eigenvalue weighted by atomic mass is 10.0. The number of carbonyl (C=O) groups is 1. The summed E-state index contributed by atoms with van der Waals surface area (Å²) < 4.78 is 0. The number of carbonyl (C=O) groups excluding carboxylic acids is 1. The van der Waals surface area contributed by atoms with Crippen molar-refractivity contribution in [1.29, 1.82) is 5.26 Å². The molecule has 1 rings (SSSR count). The zero-order valence-electron chi connectivity index (χ0n) is 6.99. The van der Waals surface area contributed by atoms with E-state index >= 15 is 0 Å². The van der Waals surface area contributed by atoms with Gasteiger partial charge in [-0.2, -0.15) is 5.26 Å². The third-order valence-electron chi connectivity index (χ3n) is 2.19. The smallest absolute Gasteiger partial charge is 0.234 e. The average molecular weight is 167 g/mol. The Balaban J connectivity index is 2.17. The monoisotopic (exact) mass is 167 g/mol. The Morgan fingerprint density at radius 1 is 1.75 bits per heavy atom. The second kappa shape index (κ2) is 4.07. The van der Waals surface area contributed by atoms with E-state index in [0.29, 0.717) is 6.42 Å². The van der Waals surface area contributed by atoms with Crippen LogP contribution in [0.3, 0.4) is 0 Å². The highest BCUT2D eigenvalue weighted by molar-refractivity contribution is 5.80. The lowest BCUT2D eigenvalue weighted by Crippen LogP contribution is -2.54. The van der Waals surface area contributed by atoms with Crippen molar-refractivity contribution in [3.63, 3.8) is 0 Å². The van der Waals surface area contributed by atoms with Gasteiger partial charge in [-0.3, -0.25) is 9.69 Å². The van der Waals surface area contributed by atoms with Gasteiger partial charge in [-0.1, -0.05) is 0 Å². The molecule has 2 N–H and O–H groups in total. The Labute approximate surface area is 71.9 Å². The molecule has 4 nitrogen and oxygen atoms in total. The van der Waals surface area contributed by atoms with Crippen LogP contribution in [-0.2, 0) is 4.79 Å². The maximum absolute atomic E-state index is 10.7. The number of nitrogens with zero attached hydrogens (tertiary/aromatic N) is 2. The number of likely N-dealkylation sites (tertiary alicyclic amines) is 1. The van der Waals surface area contributed by atoms with E-state index in [2.05, 4.69) is 6.07 Å². The second-order valence-corrected chi connectivity index (χ2v) is 3.00. The highest BCUT2D eigenvalue weighted by Crippen LogP contribution is 2.16. The standard InChI is InChI=1S/C8H13N3O/c9-4-1-2-5-11-6-3-7(11)8(10)12/h7H,1-3,5-6H2,(H2,10,12). The van der Waals surface area contributed by atoms with Crippen LogP contribution in [0.1, 0.15) is 19.3 Å². The number of nitriles is 1. The first-order valence-corrected chi connectivity index (χ1v) is 4.16. The molecule has 1 aliphatic heterocycles. The van der Waals surface area contributed by atoms with Crippen molar-refractivity contribution in [2.75, 3.05) is 13.1 Å². The quantitative estimate of drug-likeness (QED) is 0.592. The van der Waals surface area contributed by atoms with Crippen molar-refractivity contribution in [2.45, 2.75) is 25.3 Å². The molecule has 0 aromatic rings. The van der Waals surface area contributed by atoms with Crippen LogP contribution in [-0.4, -0.2) is 29.9 Å². The third-order valence-corrected chi connectivity index (χ3v) is 2.19. The number of hydrogen-bond donors (Lipinski definition) is 1. The zero-order chi connectivity index (χ0) is 8.97. The number of hydrogen-bond acceptors (Lipinski definition) is 3. The Morgan fingerprint density at radius 2 is 2.50 bits per heavy atom. The Kier molecular flexibility index (Phi) is 3.06. The molecule has 1 amide bonds. The third kappa shape index (κ3) is 1.95. The van der Waals surface area contributed by atoms with E-state index < -0.39 is 0 Å². The summed E-state index contributed by atoms with van der Waals surface area (Å²) in [6, 6.07) is 2.01. The van der Waals surface area contributed by atoms with Crippen LogP contribution in [0.15, 0.2) is 0 Å². The first-order valence-electron chi connectivity index (χ1n) is 4.16. The highest BCUT2D eigenvalue weighted by atomic mass is 16.1. The molecular formula is C8H13N3O. The fourth-order valence-electron chi connectivity index (χ4n) is 1.39. The first kappa shape index (κ1) is 9.01. The van der Waals surface area contributed by atoms with Crippen molar-refractivity contribution in [3.8, 4) is 6.07 Å². The molecule has 0 saturated carbocycles. The summed E-state index contributed by atoms with van der Waals surface area (Å²) in [6.45, 7) is 1.76. The predicted octanol–water partition coefficient (Wildman–Crippen LogP) is -0.150. The van der Waals surface area contributed by atoms with Crippen LogP contribution in [0.4, 0.5) is 0 Å². The van der Waals surface area contributed by atoms with Gasteiger partial charge in [0.15, 0.2) is 0 Å². The summed E-state index contributed by atoms with van der Waals surface area (Å²) in [5, 5.41) is 8.28. The minimum atomic E-state index is -0.238. The van der Waals surface area contributed by atoms with Gasteiger partial charge in [0.25, 0.3) is 0 Å². The van der Waals surface area contributed by atoms with Gasteiger partial charge >= 0.3 is 0 Å². The van der Waals surface area contributed by atoms with E-state index in [1.54, 1.807) is 0 Å². The molecule has 1 saturated heterocycles. The lowest BCUT2D eigenvalue weighted by Gasteiger charge is -2.38. The fourth-order valence-corrected chi connectivity index (χ4v) is 1.39. The normalized spacial score (nSPS) is 22.8. The van der Waals surface area contributed by atoms with E-state index in [9.17, 15) is 4.79 Å². The van der Waals surface area contributed by atoms with Crippen molar-refractivity contribution in [3.05, 3.63) is 0 Å². The summed E-state index contributed by atoms with van der Waals surface area (Å²) in [5.41, 5.74) is 5.15. The van der Waals surface area contributed by atoms with E-state index in [1.165, 1.54) is 0 Å². The minimum Gasteiger partial charge on any atom is -0.368 e. The number of amides is 1. The molecule has 1 unspecified atom stereocenters. The summed E-state index contributed by atoms with van der Waals surface area (Å²) in [5.74, 6) is -0.238. The van der Waals surface area contributed by atoms with Crippen LogP contribution in [0, 0.1) is 11.3 Å². The largest absolute Gasteiger partial charge is 0.368 e. The summed E-state index contributed by atoms with van der Waals surface area (Å²) >= 11 is 0. The minimum absolute atomic E-state index is 0.0660. The summed E-state index contributed by atoms with van der Waals surface area (Å²) in [6.07, 6.45) is 2.27. The average Bonchev–Trinajstić information content (AvgIpc) is 1.94. The molecule has 0 bridgehead atoms. The van der Waals surface area contributed by atoms with E-state index in [4.69, 9.17) is 11.0 Å². The van der Waals surface area contributed by atoms with Gasteiger partial charge in [-0.25, -0.2) is 0 Å². The Morgan fingerprint density at radius 3 is 2.92 bits per heavy atom. The lowest BCUT2D eigenvalue weighted by molar-refractivity contribution is -0.127. The van der Waals surface area contributed by atoms with Gasteiger partial charge in [-0.05, 0) is 19.4 Å². The first-order chi connectivity index (χ1) is 5.75. The molecule has 4 heteroatoms. The maximum atomic E-state index is 10.7. The van der Waals surface area contributed by atoms with Crippen molar-refractivity contribution in [1.82, 2.24) is 4.90 Å². The Bertz CT molecular complexity index is 209. The molecule has 1 fully saturated rings. The van der Waals surface area contributed by atoms with Crippen molar-refractivity contribution < 1.29 is 4.79 Å². The van der Waals surface area contributed by atoms with Gasteiger partial charge in [-0.15, -0.1) is 0 Å². The maximum Gasteiger partial charge on any atom is 0.234 e. The zero-order valence-corrected chi connectivity index (χ0v) is 6.99. The van der Waals surface area contributed by atoms with Gasteiger partial charge in [0.05, 0.1) is 12.1 Å². The molecule has 0 radical (unpaired) electrons. The van der Waals surface area contributed by atoms with Gasteiger partial charge in [0.1, 0.15) is 0 Å². The molecule has 0 aliphatic carbocycles. The molecule has 12 heavy (non-hydrogen) atoms. The summed E-state index contributed by atoms with van der Waals surface area (Å²) in [7, 11) is 0. The van der Waals surface area contributed by atoms with Crippen LogP contribution in [0.2, 0.25) is 0 Å².